The van der Waals surface area contributed by atoms with Crippen LogP contribution in [0.5, 0.6) is 0 Å². The zero-order chi connectivity index (χ0) is 24.1. The molecule has 0 spiro atoms. The van der Waals surface area contributed by atoms with Crippen LogP contribution in [0.2, 0.25) is 10.3 Å². The first-order valence-electron chi connectivity index (χ1n) is 10.5. The molecule has 11 heteroatoms. The predicted octanol–water partition coefficient (Wildman–Crippen LogP) is 2.24. The number of fused-ring (bicyclic) bond motifs is 1. The Morgan fingerprint density at radius 1 is 1.12 bits per heavy atom. The molecule has 0 bridgehead atoms. The van der Waals surface area contributed by atoms with Crippen molar-refractivity contribution in [3.63, 3.8) is 0 Å². The Kier molecular flexibility index (Phi) is 5.96. The molecule has 1 aliphatic carbocycles. The number of benzene rings is 1. The average molecular weight is 492 g/mol. The second kappa shape index (κ2) is 8.46. The number of nitrogens with zero attached hydrogens (tertiary/aromatic N) is 5. The number of amides is 1. The van der Waals surface area contributed by atoms with Gasteiger partial charge in [0.1, 0.15) is 12.1 Å². The van der Waals surface area contributed by atoms with E-state index in [-0.39, 0.29) is 28.8 Å². The Morgan fingerprint density at radius 2 is 1.82 bits per heavy atom. The number of rotatable bonds is 4. The van der Waals surface area contributed by atoms with E-state index in [0.29, 0.717) is 23.4 Å². The number of aryl methyl sites for hydroxylation is 1. The van der Waals surface area contributed by atoms with Crippen molar-refractivity contribution in [1.82, 2.24) is 23.6 Å². The van der Waals surface area contributed by atoms with E-state index in [9.17, 15) is 19.2 Å². The van der Waals surface area contributed by atoms with E-state index in [0.717, 1.165) is 17.4 Å². The summed E-state index contributed by atoms with van der Waals surface area (Å²) in [6, 6.07) is 7.02. The summed E-state index contributed by atoms with van der Waals surface area (Å²) in [4.78, 5) is 57.4. The SMILES string of the molecule is CN(C(=O)Cn1c(Cl)nc2c1c(=O)n(C)c(=O)n2C)C1(c2ccccc2Cl)CCCCC1=O. The van der Waals surface area contributed by atoms with Gasteiger partial charge in [0.2, 0.25) is 11.2 Å². The summed E-state index contributed by atoms with van der Waals surface area (Å²) in [6.07, 6.45) is 2.27. The molecule has 0 radical (unpaired) electrons. The third kappa shape index (κ3) is 3.50. The van der Waals surface area contributed by atoms with Gasteiger partial charge in [0.25, 0.3) is 5.56 Å². The smallest absolute Gasteiger partial charge is 0.327 e. The lowest BCUT2D eigenvalue weighted by molar-refractivity contribution is -0.148. The molecule has 33 heavy (non-hydrogen) atoms. The first kappa shape index (κ1) is 23.3. The van der Waals surface area contributed by atoms with Crippen molar-refractivity contribution in [3.05, 3.63) is 61.0 Å². The van der Waals surface area contributed by atoms with Crippen molar-refractivity contribution < 1.29 is 9.59 Å². The number of carbonyl (C=O) groups is 2. The van der Waals surface area contributed by atoms with Gasteiger partial charge in [-0.25, -0.2) is 4.79 Å². The number of halogens is 2. The summed E-state index contributed by atoms with van der Waals surface area (Å²) in [5, 5.41) is 0.300. The average Bonchev–Trinajstić information content (AvgIpc) is 3.12. The van der Waals surface area contributed by atoms with E-state index < -0.39 is 22.7 Å². The Bertz CT molecular complexity index is 1410. The molecule has 1 aromatic carbocycles. The molecule has 2 aromatic heterocycles. The quantitative estimate of drug-likeness (QED) is 0.521. The number of likely N-dealkylation sites (N-methyl/N-ethyl adjacent to an activating group) is 1. The number of Topliss-reactive ketones (excluding diaryl/α,β-unsaturated/α-hetero) is 1. The van der Waals surface area contributed by atoms with Crippen LogP contribution in [-0.2, 0) is 35.8 Å². The number of aromatic nitrogens is 4. The summed E-state index contributed by atoms with van der Waals surface area (Å²) in [5.41, 5.74) is -1.69. The highest BCUT2D eigenvalue weighted by Gasteiger charge is 2.48. The van der Waals surface area contributed by atoms with E-state index in [2.05, 4.69) is 4.98 Å². The minimum Gasteiger partial charge on any atom is -0.327 e. The maximum Gasteiger partial charge on any atom is 0.332 e. The van der Waals surface area contributed by atoms with E-state index >= 15 is 0 Å². The van der Waals surface area contributed by atoms with E-state index in [1.165, 1.54) is 28.1 Å². The molecule has 3 aromatic rings. The highest BCUT2D eigenvalue weighted by atomic mass is 35.5. The fourth-order valence-electron chi connectivity index (χ4n) is 4.65. The van der Waals surface area contributed by atoms with Crippen molar-refractivity contribution >= 4 is 46.1 Å². The molecule has 0 aliphatic heterocycles. The lowest BCUT2D eigenvalue weighted by Gasteiger charge is -2.44. The fraction of sp³-hybridized carbons (Fsp3) is 0.409. The summed E-state index contributed by atoms with van der Waals surface area (Å²) in [6.45, 7) is -0.335. The molecule has 1 unspecified atom stereocenters. The number of hydrogen-bond acceptors (Lipinski definition) is 5. The van der Waals surface area contributed by atoms with Crippen molar-refractivity contribution in [1.29, 1.82) is 0 Å². The van der Waals surface area contributed by atoms with Crippen LogP contribution in [0.15, 0.2) is 33.9 Å². The van der Waals surface area contributed by atoms with Crippen LogP contribution in [0.3, 0.4) is 0 Å². The van der Waals surface area contributed by atoms with Gasteiger partial charge in [0.05, 0.1) is 0 Å². The van der Waals surface area contributed by atoms with Crippen LogP contribution in [0.1, 0.15) is 31.2 Å². The van der Waals surface area contributed by atoms with Crippen LogP contribution in [0.4, 0.5) is 0 Å². The topological polar surface area (TPSA) is 99.2 Å². The largest absolute Gasteiger partial charge is 0.332 e. The Morgan fingerprint density at radius 3 is 2.48 bits per heavy atom. The zero-order valence-electron chi connectivity index (χ0n) is 18.5. The first-order chi connectivity index (χ1) is 15.6. The molecule has 9 nitrogen and oxygen atoms in total. The summed E-state index contributed by atoms with van der Waals surface area (Å²) < 4.78 is 3.40. The maximum absolute atomic E-state index is 13.5. The van der Waals surface area contributed by atoms with Gasteiger partial charge in [-0.05, 0) is 36.9 Å². The van der Waals surface area contributed by atoms with Crippen LogP contribution < -0.4 is 11.2 Å². The Hall–Kier alpha value is -2.91. The van der Waals surface area contributed by atoms with Crippen LogP contribution in [0.25, 0.3) is 11.2 Å². The second-order valence-corrected chi connectivity index (χ2v) is 9.01. The van der Waals surface area contributed by atoms with Crippen LogP contribution in [-0.4, -0.2) is 42.3 Å². The second-order valence-electron chi connectivity index (χ2n) is 8.27. The van der Waals surface area contributed by atoms with Gasteiger partial charge in [-0.2, -0.15) is 4.98 Å². The number of imidazole rings is 1. The molecule has 1 aliphatic rings. The first-order valence-corrected chi connectivity index (χ1v) is 11.2. The lowest BCUT2D eigenvalue weighted by Crippen LogP contribution is -2.55. The molecule has 1 atom stereocenters. The minimum atomic E-state index is -1.21. The van der Waals surface area contributed by atoms with Gasteiger partial charge in [0.15, 0.2) is 16.9 Å². The minimum absolute atomic E-state index is 0.0353. The Balaban J connectivity index is 1.82. The number of hydrogen-bond donors (Lipinski definition) is 0. The third-order valence-corrected chi connectivity index (χ3v) is 7.13. The molecule has 174 valence electrons. The van der Waals surface area contributed by atoms with E-state index in [1.807, 2.05) is 0 Å². The molecule has 0 N–H and O–H groups in total. The van der Waals surface area contributed by atoms with Gasteiger partial charge >= 0.3 is 5.69 Å². The van der Waals surface area contributed by atoms with E-state index in [4.69, 9.17) is 23.2 Å². The van der Waals surface area contributed by atoms with Crippen molar-refractivity contribution in [3.8, 4) is 0 Å². The molecule has 1 amide bonds. The highest BCUT2D eigenvalue weighted by Crippen LogP contribution is 2.42. The number of ketones is 1. The lowest BCUT2D eigenvalue weighted by atomic mass is 9.74. The van der Waals surface area contributed by atoms with Crippen molar-refractivity contribution in [2.24, 2.45) is 14.1 Å². The normalized spacial score (nSPS) is 18.6. The van der Waals surface area contributed by atoms with Crippen molar-refractivity contribution in [2.75, 3.05) is 7.05 Å². The van der Waals surface area contributed by atoms with Gasteiger partial charge in [-0.1, -0.05) is 29.8 Å². The monoisotopic (exact) mass is 491 g/mol. The fourth-order valence-corrected chi connectivity index (χ4v) is 5.16. The van der Waals surface area contributed by atoms with Crippen LogP contribution >= 0.6 is 23.2 Å². The summed E-state index contributed by atoms with van der Waals surface area (Å²) >= 11 is 12.8. The zero-order valence-corrected chi connectivity index (χ0v) is 20.0. The maximum atomic E-state index is 13.5. The summed E-state index contributed by atoms with van der Waals surface area (Å²) in [5.74, 6) is -0.528. The van der Waals surface area contributed by atoms with Crippen LogP contribution in [0, 0.1) is 0 Å². The predicted molar refractivity (Wildman–Crippen MR) is 125 cm³/mol. The summed E-state index contributed by atoms with van der Waals surface area (Å²) in [7, 11) is 4.38. The van der Waals surface area contributed by atoms with Gasteiger partial charge in [-0.3, -0.25) is 28.1 Å². The van der Waals surface area contributed by atoms with Gasteiger partial charge < -0.3 is 4.90 Å². The molecule has 0 saturated heterocycles. The molecule has 2 heterocycles. The standard InChI is InChI=1S/C22H23Cl2N5O4/c1-26-18-17(19(32)27(2)21(26)33)29(20(24)25-18)12-16(31)28(3)22(11-7-6-10-15(22)30)13-8-4-5-9-14(13)23/h4-5,8-9H,6-7,10-12H2,1-3H3. The van der Waals surface area contributed by atoms with Gasteiger partial charge in [-0.15, -0.1) is 0 Å². The van der Waals surface area contributed by atoms with Crippen molar-refractivity contribution in [2.45, 2.75) is 37.8 Å². The molecule has 1 saturated carbocycles. The highest BCUT2D eigenvalue weighted by molar-refractivity contribution is 6.32. The molecule has 4 rings (SSSR count). The molecular formula is C22H23Cl2N5O4. The Labute approximate surface area is 199 Å². The van der Waals surface area contributed by atoms with Gasteiger partial charge in [0, 0.05) is 38.1 Å². The third-order valence-electron chi connectivity index (χ3n) is 6.51. The molecule has 1 fully saturated rings. The molecular weight excluding hydrogens is 469 g/mol. The number of carbonyl (C=O) groups excluding carboxylic acids is 2. The van der Waals surface area contributed by atoms with E-state index in [1.54, 1.807) is 31.3 Å².